The van der Waals surface area contributed by atoms with Crippen LogP contribution in [0.3, 0.4) is 0 Å². The zero-order chi connectivity index (χ0) is 33.3. The first kappa shape index (κ1) is 32.4. The van der Waals surface area contributed by atoms with Gasteiger partial charge in [0.05, 0.1) is 12.1 Å². The van der Waals surface area contributed by atoms with E-state index in [1.807, 2.05) is 37.3 Å². The largest absolute Gasteiger partial charge is 0.359 e. The maximum absolute atomic E-state index is 4.34. The van der Waals surface area contributed by atoms with Crippen LogP contribution in [0.2, 0.25) is 0 Å². The van der Waals surface area contributed by atoms with E-state index in [9.17, 15) is 0 Å². The van der Waals surface area contributed by atoms with Crippen LogP contribution in [-0.2, 0) is 6.42 Å². The molecule has 48 heavy (non-hydrogen) atoms. The molecule has 3 heteroatoms. The number of hydrogen-bond acceptors (Lipinski definition) is 3. The monoisotopic (exact) mass is 627 g/mol. The first-order valence-electron chi connectivity index (χ1n) is 16.9. The van der Waals surface area contributed by atoms with Crippen LogP contribution < -0.4 is 15.1 Å². The van der Waals surface area contributed by atoms with Crippen molar-refractivity contribution in [3.05, 3.63) is 205 Å². The number of anilines is 4. The lowest BCUT2D eigenvalue weighted by molar-refractivity contribution is 0.632. The molecule has 1 aliphatic carbocycles. The average Bonchev–Trinajstić information content (AvgIpc) is 3.42. The number of fused-ring (bicyclic) bond motifs is 1. The summed E-state index contributed by atoms with van der Waals surface area (Å²) in [5.41, 5.74) is 10.6. The molecule has 1 N–H and O–H groups in total. The number of rotatable bonds is 12. The molecule has 3 nitrogen and oxygen atoms in total. The summed E-state index contributed by atoms with van der Waals surface area (Å²) >= 11 is 0. The van der Waals surface area contributed by atoms with Crippen molar-refractivity contribution in [2.45, 2.75) is 39.3 Å². The fourth-order valence-electron chi connectivity index (χ4n) is 7.07. The van der Waals surface area contributed by atoms with Crippen molar-refractivity contribution < 1.29 is 0 Å². The summed E-state index contributed by atoms with van der Waals surface area (Å²) in [4.78, 5) is 5.05. The molecule has 6 rings (SSSR count). The van der Waals surface area contributed by atoms with Crippen LogP contribution in [0.25, 0.3) is 0 Å². The van der Waals surface area contributed by atoms with Crippen LogP contribution in [-0.4, -0.2) is 12.1 Å². The molecule has 1 heterocycles. The Balaban J connectivity index is 1.43. The summed E-state index contributed by atoms with van der Waals surface area (Å²) in [5.74, 6) is 0.270. The van der Waals surface area contributed by atoms with Gasteiger partial charge in [-0.2, -0.15) is 0 Å². The average molecular weight is 628 g/mol. The van der Waals surface area contributed by atoms with Crippen LogP contribution in [0.1, 0.15) is 26.3 Å². The molecule has 4 aromatic carbocycles. The first-order valence-corrected chi connectivity index (χ1v) is 16.9. The number of allylic oxidation sites excluding steroid dienone is 10. The predicted octanol–water partition coefficient (Wildman–Crippen LogP) is 11.3. The molecular weight excluding hydrogens is 583 g/mol. The summed E-state index contributed by atoms with van der Waals surface area (Å²) in [7, 11) is 0. The maximum atomic E-state index is 4.34. The van der Waals surface area contributed by atoms with Gasteiger partial charge in [0.15, 0.2) is 0 Å². The number of nitrogens with one attached hydrogen (secondary N) is 1. The van der Waals surface area contributed by atoms with E-state index in [1.165, 1.54) is 33.9 Å². The van der Waals surface area contributed by atoms with E-state index in [0.717, 1.165) is 17.0 Å². The molecular formula is C45H45N3. The van der Waals surface area contributed by atoms with E-state index in [1.54, 1.807) is 0 Å². The summed E-state index contributed by atoms with van der Waals surface area (Å²) in [6, 6.07) is 41.2. The Morgan fingerprint density at radius 3 is 2.21 bits per heavy atom. The standard InChI is InChI=1S/C45H45N3/c1-5-6-10-21-34(2)32-39(46-38-23-11-7-12-24-38)33-37-22-17-19-30-43(37)47(40-25-13-8-14-26-40)35(3)45-36(4)48(41-27-15-9-16-28-41)44-31-20-18-29-42(44)45/h5-32,35,42,44,46H,2,33H2,1,3-4H3/b6-5-,21-10-,39-32-. The van der Waals surface area contributed by atoms with Crippen molar-refractivity contribution in [1.82, 2.24) is 0 Å². The molecule has 3 atom stereocenters. The first-order chi connectivity index (χ1) is 23.5. The van der Waals surface area contributed by atoms with E-state index < -0.39 is 0 Å². The van der Waals surface area contributed by atoms with Gasteiger partial charge in [-0.15, -0.1) is 0 Å². The van der Waals surface area contributed by atoms with Crippen LogP contribution in [0.5, 0.6) is 0 Å². The minimum absolute atomic E-state index is 0.0826. The van der Waals surface area contributed by atoms with Crippen molar-refractivity contribution in [3.63, 3.8) is 0 Å². The molecule has 240 valence electrons. The second kappa shape index (κ2) is 15.4. The van der Waals surface area contributed by atoms with Crippen molar-refractivity contribution >= 4 is 22.7 Å². The van der Waals surface area contributed by atoms with E-state index in [2.05, 4.69) is 175 Å². The zero-order valence-corrected chi connectivity index (χ0v) is 28.2. The van der Waals surface area contributed by atoms with Gasteiger partial charge in [-0.1, -0.05) is 128 Å². The minimum Gasteiger partial charge on any atom is -0.359 e. The van der Waals surface area contributed by atoms with Crippen LogP contribution in [0.4, 0.5) is 22.7 Å². The van der Waals surface area contributed by atoms with Gasteiger partial charge in [0.1, 0.15) is 0 Å². The van der Waals surface area contributed by atoms with Crippen molar-refractivity contribution in [1.29, 1.82) is 0 Å². The Morgan fingerprint density at radius 1 is 0.833 bits per heavy atom. The van der Waals surface area contributed by atoms with Crippen LogP contribution in [0, 0.1) is 5.92 Å². The summed E-state index contributed by atoms with van der Waals surface area (Å²) in [6.45, 7) is 11.0. The van der Waals surface area contributed by atoms with Gasteiger partial charge >= 0.3 is 0 Å². The third-order valence-corrected chi connectivity index (χ3v) is 9.13. The summed E-state index contributed by atoms with van der Waals surface area (Å²) in [6.07, 6.45) is 20.1. The molecule has 0 aromatic heterocycles. The Kier molecular flexibility index (Phi) is 10.4. The highest BCUT2D eigenvalue weighted by atomic mass is 15.2. The lowest BCUT2D eigenvalue weighted by Crippen LogP contribution is -2.35. The molecule has 0 bridgehead atoms. The molecule has 2 aliphatic rings. The molecule has 3 unspecified atom stereocenters. The quantitative estimate of drug-likeness (QED) is 0.158. The SMILES string of the molecule is C=C(/C=C\C=C/C)/C=C(/Cc1ccccc1N(c1ccccc1)C(C)C1=C(C)N(c2ccccc2)C2C=CC=CC12)Nc1ccccc1. The Morgan fingerprint density at radius 2 is 1.48 bits per heavy atom. The molecule has 4 aromatic rings. The van der Waals surface area contributed by atoms with E-state index in [0.29, 0.717) is 6.42 Å². The van der Waals surface area contributed by atoms with Gasteiger partial charge in [-0.3, -0.25) is 0 Å². The molecule has 0 saturated carbocycles. The lowest BCUT2D eigenvalue weighted by Gasteiger charge is -2.36. The molecule has 1 aliphatic heterocycles. The molecule has 0 fully saturated rings. The van der Waals surface area contributed by atoms with E-state index in [4.69, 9.17) is 0 Å². The summed E-state index contributed by atoms with van der Waals surface area (Å²) < 4.78 is 0. The maximum Gasteiger partial charge on any atom is 0.0623 e. The van der Waals surface area contributed by atoms with Crippen LogP contribution >= 0.6 is 0 Å². The molecule has 0 radical (unpaired) electrons. The van der Waals surface area contributed by atoms with Crippen molar-refractivity contribution in [3.8, 4) is 0 Å². The fourth-order valence-corrected chi connectivity index (χ4v) is 7.07. The minimum atomic E-state index is 0.0826. The van der Waals surface area contributed by atoms with Gasteiger partial charge in [0, 0.05) is 46.5 Å². The van der Waals surface area contributed by atoms with Gasteiger partial charge in [0.2, 0.25) is 0 Å². The number of hydrogen-bond donors (Lipinski definition) is 1. The number of benzene rings is 4. The molecule has 0 saturated heterocycles. The Hall–Kier alpha value is -5.54. The van der Waals surface area contributed by atoms with Gasteiger partial charge in [-0.05, 0) is 86.0 Å². The highest BCUT2D eigenvalue weighted by Crippen LogP contribution is 2.45. The third-order valence-electron chi connectivity index (χ3n) is 9.13. The number of nitrogens with zero attached hydrogens (tertiary/aromatic N) is 2. The predicted molar refractivity (Wildman–Crippen MR) is 207 cm³/mol. The Labute approximate surface area is 286 Å². The topological polar surface area (TPSA) is 18.5 Å². The van der Waals surface area contributed by atoms with Gasteiger partial charge in [-0.25, -0.2) is 0 Å². The normalized spacial score (nSPS) is 18.1. The second-order valence-electron chi connectivity index (χ2n) is 12.3. The van der Waals surface area contributed by atoms with Crippen LogP contribution in [0.15, 0.2) is 199 Å². The second-order valence-corrected chi connectivity index (χ2v) is 12.3. The van der Waals surface area contributed by atoms with Gasteiger partial charge < -0.3 is 15.1 Å². The number of para-hydroxylation sites is 4. The van der Waals surface area contributed by atoms with Gasteiger partial charge in [0.25, 0.3) is 0 Å². The molecule has 0 amide bonds. The fraction of sp³-hybridized carbons (Fsp3) is 0.156. The van der Waals surface area contributed by atoms with Crippen molar-refractivity contribution in [2.24, 2.45) is 5.92 Å². The smallest absolute Gasteiger partial charge is 0.0623 e. The third kappa shape index (κ3) is 7.21. The lowest BCUT2D eigenvalue weighted by atomic mass is 9.86. The molecule has 0 spiro atoms. The highest BCUT2D eigenvalue weighted by Gasteiger charge is 2.41. The zero-order valence-electron chi connectivity index (χ0n) is 28.2. The van der Waals surface area contributed by atoms with E-state index in [-0.39, 0.29) is 18.0 Å². The summed E-state index contributed by atoms with van der Waals surface area (Å²) in [5, 5.41) is 3.70. The Bertz CT molecular complexity index is 1880. The van der Waals surface area contributed by atoms with E-state index >= 15 is 0 Å². The van der Waals surface area contributed by atoms with Crippen molar-refractivity contribution in [2.75, 3.05) is 15.1 Å². The highest BCUT2D eigenvalue weighted by molar-refractivity contribution is 5.71.